The molecule has 0 atom stereocenters. The van der Waals surface area contributed by atoms with Crippen LogP contribution in [0.25, 0.3) is 0 Å². The second-order valence-electron chi connectivity index (χ2n) is 4.29. The predicted octanol–water partition coefficient (Wildman–Crippen LogP) is 3.71. The third kappa shape index (κ3) is 3.72. The number of nitrogens with one attached hydrogen (secondary N) is 1. The van der Waals surface area contributed by atoms with Gasteiger partial charge < -0.3 is 15.8 Å². The molecule has 0 aliphatic heterocycles. The molecule has 0 radical (unpaired) electrons. The smallest absolute Gasteiger partial charge is 0.255 e. The van der Waals surface area contributed by atoms with Crippen molar-refractivity contribution in [2.75, 3.05) is 12.3 Å². The van der Waals surface area contributed by atoms with Crippen LogP contribution in [0, 0.1) is 5.82 Å². The maximum absolute atomic E-state index is 13.8. The van der Waals surface area contributed by atoms with Crippen LogP contribution < -0.4 is 15.8 Å². The lowest BCUT2D eigenvalue weighted by Crippen LogP contribution is -2.23. The average molecular weight is 353 g/mol. The minimum absolute atomic E-state index is 0.0144. The number of rotatable bonds is 4. The molecule has 0 fully saturated rings. The zero-order valence-electron chi connectivity index (χ0n) is 11.3. The van der Waals surface area contributed by atoms with Crippen LogP contribution in [0.3, 0.4) is 0 Å². The first-order valence-corrected chi connectivity index (χ1v) is 7.11. The van der Waals surface area contributed by atoms with E-state index in [9.17, 15) is 9.18 Å². The molecular formula is C15H14BrFN2O2. The molecule has 0 unspecified atom stereocenters. The fourth-order valence-electron chi connectivity index (χ4n) is 1.74. The quantitative estimate of drug-likeness (QED) is 0.824. The van der Waals surface area contributed by atoms with Crippen LogP contribution in [0.1, 0.15) is 17.3 Å². The molecule has 2 aromatic carbocycles. The number of anilines is 1. The van der Waals surface area contributed by atoms with Crippen molar-refractivity contribution >= 4 is 27.5 Å². The fraction of sp³-hybridized carbons (Fsp3) is 0.133. The van der Waals surface area contributed by atoms with Gasteiger partial charge >= 0.3 is 0 Å². The topological polar surface area (TPSA) is 64.4 Å². The van der Waals surface area contributed by atoms with Gasteiger partial charge in [-0.15, -0.1) is 0 Å². The van der Waals surface area contributed by atoms with Crippen molar-refractivity contribution in [2.24, 2.45) is 0 Å². The molecule has 0 aromatic heterocycles. The molecule has 0 spiro atoms. The number of halogens is 2. The van der Waals surface area contributed by atoms with Gasteiger partial charge in [0.1, 0.15) is 5.75 Å². The molecule has 0 heterocycles. The number of hydrogen-bond donors (Lipinski definition) is 2. The number of ether oxygens (including phenoxy) is 1. The minimum atomic E-state index is -0.525. The third-order valence-electron chi connectivity index (χ3n) is 2.70. The Morgan fingerprint density at radius 1 is 1.29 bits per heavy atom. The van der Waals surface area contributed by atoms with Crippen molar-refractivity contribution in [3.63, 3.8) is 0 Å². The lowest BCUT2D eigenvalue weighted by molar-refractivity contribution is 0.0953. The van der Waals surface area contributed by atoms with Crippen LogP contribution in [-0.2, 0) is 0 Å². The van der Waals surface area contributed by atoms with Gasteiger partial charge in [-0.3, -0.25) is 4.79 Å². The second-order valence-corrected chi connectivity index (χ2v) is 5.21. The van der Waals surface area contributed by atoms with E-state index in [0.29, 0.717) is 22.3 Å². The molecule has 6 heteroatoms. The maximum atomic E-state index is 13.8. The Morgan fingerprint density at radius 2 is 2.05 bits per heavy atom. The van der Waals surface area contributed by atoms with Gasteiger partial charge in [0.2, 0.25) is 0 Å². The van der Waals surface area contributed by atoms with Crippen molar-refractivity contribution in [1.82, 2.24) is 5.32 Å². The summed E-state index contributed by atoms with van der Waals surface area (Å²) in [5.74, 6) is -0.608. The van der Waals surface area contributed by atoms with E-state index in [2.05, 4.69) is 21.2 Å². The normalized spacial score (nSPS) is 10.2. The summed E-state index contributed by atoms with van der Waals surface area (Å²) in [5, 5.41) is 2.67. The predicted molar refractivity (Wildman–Crippen MR) is 83.0 cm³/mol. The summed E-state index contributed by atoms with van der Waals surface area (Å²) in [6, 6.07) is 8.95. The second kappa shape index (κ2) is 6.58. The van der Waals surface area contributed by atoms with Crippen LogP contribution in [0.15, 0.2) is 40.9 Å². The highest BCUT2D eigenvalue weighted by atomic mass is 79.9. The van der Waals surface area contributed by atoms with E-state index in [-0.39, 0.29) is 17.4 Å². The zero-order chi connectivity index (χ0) is 15.4. The standard InChI is InChI=1S/C15H14BrFN2O2/c1-2-19-15(20)11-5-4-10(18)8-13(11)21-14-7-9(16)3-6-12(14)17/h3-8H,2,18H2,1H3,(H,19,20). The highest BCUT2D eigenvalue weighted by Crippen LogP contribution is 2.31. The lowest BCUT2D eigenvalue weighted by Gasteiger charge is -2.12. The van der Waals surface area contributed by atoms with E-state index < -0.39 is 5.82 Å². The first kappa shape index (κ1) is 15.3. The van der Waals surface area contributed by atoms with Gasteiger partial charge in [-0.2, -0.15) is 0 Å². The Morgan fingerprint density at radius 3 is 2.76 bits per heavy atom. The van der Waals surface area contributed by atoms with E-state index >= 15 is 0 Å². The maximum Gasteiger partial charge on any atom is 0.255 e. The largest absolute Gasteiger partial charge is 0.453 e. The van der Waals surface area contributed by atoms with Crippen molar-refractivity contribution in [2.45, 2.75) is 6.92 Å². The van der Waals surface area contributed by atoms with E-state index in [4.69, 9.17) is 10.5 Å². The van der Waals surface area contributed by atoms with Gasteiger partial charge in [0.05, 0.1) is 5.56 Å². The van der Waals surface area contributed by atoms with Gasteiger partial charge in [0.25, 0.3) is 5.91 Å². The lowest BCUT2D eigenvalue weighted by atomic mass is 10.1. The SMILES string of the molecule is CCNC(=O)c1ccc(N)cc1Oc1cc(Br)ccc1F. The summed E-state index contributed by atoms with van der Waals surface area (Å²) < 4.78 is 20.0. The molecule has 0 bridgehead atoms. The van der Waals surface area contributed by atoms with Gasteiger partial charge in [0.15, 0.2) is 11.6 Å². The summed E-state index contributed by atoms with van der Waals surface area (Å²) in [4.78, 5) is 12.0. The Balaban J connectivity index is 2.40. The highest BCUT2D eigenvalue weighted by molar-refractivity contribution is 9.10. The molecule has 0 saturated heterocycles. The van der Waals surface area contributed by atoms with Crippen LogP contribution in [0.5, 0.6) is 11.5 Å². The van der Waals surface area contributed by atoms with Gasteiger partial charge in [0, 0.05) is 22.8 Å². The van der Waals surface area contributed by atoms with Crippen LogP contribution in [-0.4, -0.2) is 12.5 Å². The Hall–Kier alpha value is -2.08. The number of benzene rings is 2. The van der Waals surface area contributed by atoms with Crippen molar-refractivity contribution in [3.8, 4) is 11.5 Å². The molecule has 0 aliphatic carbocycles. The Kier molecular flexibility index (Phi) is 4.80. The van der Waals surface area contributed by atoms with Crippen LogP contribution in [0.4, 0.5) is 10.1 Å². The van der Waals surface area contributed by atoms with Gasteiger partial charge in [-0.1, -0.05) is 15.9 Å². The van der Waals surface area contributed by atoms with Crippen molar-refractivity contribution < 1.29 is 13.9 Å². The molecule has 110 valence electrons. The molecule has 3 N–H and O–H groups in total. The molecule has 2 aromatic rings. The highest BCUT2D eigenvalue weighted by Gasteiger charge is 2.15. The van der Waals surface area contributed by atoms with E-state index in [1.807, 2.05) is 6.92 Å². The molecule has 4 nitrogen and oxygen atoms in total. The first-order valence-electron chi connectivity index (χ1n) is 6.32. The third-order valence-corrected chi connectivity index (χ3v) is 3.19. The number of amides is 1. The molecule has 21 heavy (non-hydrogen) atoms. The molecular weight excluding hydrogens is 339 g/mol. The van der Waals surface area contributed by atoms with E-state index in [1.54, 1.807) is 18.2 Å². The average Bonchev–Trinajstić information content (AvgIpc) is 2.43. The number of carbonyl (C=O) groups excluding carboxylic acids is 1. The zero-order valence-corrected chi connectivity index (χ0v) is 12.9. The van der Waals surface area contributed by atoms with E-state index in [1.165, 1.54) is 18.2 Å². The summed E-state index contributed by atoms with van der Waals surface area (Å²) in [6.45, 7) is 2.29. The van der Waals surface area contributed by atoms with Crippen LogP contribution in [0.2, 0.25) is 0 Å². The molecule has 0 aliphatic rings. The van der Waals surface area contributed by atoms with Crippen molar-refractivity contribution in [1.29, 1.82) is 0 Å². The number of hydrogen-bond acceptors (Lipinski definition) is 3. The monoisotopic (exact) mass is 352 g/mol. The van der Waals surface area contributed by atoms with Crippen molar-refractivity contribution in [3.05, 3.63) is 52.3 Å². The number of nitrogens with two attached hydrogens (primary N) is 1. The van der Waals surface area contributed by atoms with Gasteiger partial charge in [-0.25, -0.2) is 4.39 Å². The Labute approximate surface area is 130 Å². The first-order chi connectivity index (χ1) is 10.0. The Bertz CT molecular complexity index is 677. The van der Waals surface area contributed by atoms with Gasteiger partial charge in [-0.05, 0) is 37.3 Å². The fourth-order valence-corrected chi connectivity index (χ4v) is 2.08. The molecule has 1 amide bonds. The minimum Gasteiger partial charge on any atom is -0.453 e. The number of carbonyl (C=O) groups is 1. The summed E-state index contributed by atoms with van der Waals surface area (Å²) in [6.07, 6.45) is 0. The van der Waals surface area contributed by atoms with E-state index in [0.717, 1.165) is 0 Å². The number of nitrogen functional groups attached to an aromatic ring is 1. The van der Waals surface area contributed by atoms with Crippen LogP contribution >= 0.6 is 15.9 Å². The molecule has 2 rings (SSSR count). The summed E-state index contributed by atoms with van der Waals surface area (Å²) in [7, 11) is 0. The molecule has 0 saturated carbocycles. The summed E-state index contributed by atoms with van der Waals surface area (Å²) in [5.41, 5.74) is 6.43. The summed E-state index contributed by atoms with van der Waals surface area (Å²) >= 11 is 3.25.